The van der Waals surface area contributed by atoms with Crippen molar-refractivity contribution in [3.63, 3.8) is 0 Å². The van der Waals surface area contributed by atoms with Gasteiger partial charge in [-0.15, -0.1) is 0 Å². The average Bonchev–Trinajstić information content (AvgIpc) is 2.74. The van der Waals surface area contributed by atoms with E-state index < -0.39 is 0 Å². The SMILES string of the molecule is CCOc1cc(C(=O)N2CCOC(COc3ccc(Cl)c(C)c3)C2)ccc1OC. The Morgan fingerprint density at radius 1 is 1.21 bits per heavy atom. The van der Waals surface area contributed by atoms with E-state index in [-0.39, 0.29) is 12.0 Å². The van der Waals surface area contributed by atoms with E-state index in [1.165, 1.54) is 0 Å². The Morgan fingerprint density at radius 2 is 2.03 bits per heavy atom. The van der Waals surface area contributed by atoms with E-state index in [0.717, 1.165) is 11.3 Å². The molecule has 0 bridgehead atoms. The van der Waals surface area contributed by atoms with Gasteiger partial charge in [0, 0.05) is 17.1 Å². The van der Waals surface area contributed by atoms with Gasteiger partial charge in [0.2, 0.25) is 0 Å². The normalized spacial score (nSPS) is 16.4. The Kier molecular flexibility index (Phi) is 7.23. The van der Waals surface area contributed by atoms with Crippen molar-refractivity contribution in [1.82, 2.24) is 4.90 Å². The highest BCUT2D eigenvalue weighted by atomic mass is 35.5. The van der Waals surface area contributed by atoms with Crippen molar-refractivity contribution in [2.24, 2.45) is 0 Å². The zero-order valence-electron chi connectivity index (χ0n) is 16.9. The highest BCUT2D eigenvalue weighted by Crippen LogP contribution is 2.29. The molecular weight excluding hydrogens is 394 g/mol. The third kappa shape index (κ3) is 5.34. The lowest BCUT2D eigenvalue weighted by Gasteiger charge is -2.33. The summed E-state index contributed by atoms with van der Waals surface area (Å²) >= 11 is 6.05. The maximum atomic E-state index is 13.0. The van der Waals surface area contributed by atoms with Crippen LogP contribution in [0.15, 0.2) is 36.4 Å². The van der Waals surface area contributed by atoms with Crippen molar-refractivity contribution in [2.45, 2.75) is 20.0 Å². The Bertz CT molecular complexity index is 857. The molecule has 2 aromatic carbocycles. The van der Waals surface area contributed by atoms with Crippen LogP contribution in [0.25, 0.3) is 0 Å². The summed E-state index contributed by atoms with van der Waals surface area (Å²) in [4.78, 5) is 14.8. The first-order valence-electron chi connectivity index (χ1n) is 9.62. The van der Waals surface area contributed by atoms with Crippen LogP contribution >= 0.6 is 11.6 Å². The fourth-order valence-electron chi connectivity index (χ4n) is 3.16. The molecule has 156 valence electrons. The average molecular weight is 420 g/mol. The summed E-state index contributed by atoms with van der Waals surface area (Å²) in [5.74, 6) is 1.83. The minimum atomic E-state index is -0.201. The summed E-state index contributed by atoms with van der Waals surface area (Å²) in [7, 11) is 1.58. The number of amides is 1. The summed E-state index contributed by atoms with van der Waals surface area (Å²) in [6.07, 6.45) is -0.201. The van der Waals surface area contributed by atoms with Gasteiger partial charge in [0.1, 0.15) is 18.5 Å². The highest BCUT2D eigenvalue weighted by molar-refractivity contribution is 6.31. The largest absolute Gasteiger partial charge is 0.493 e. The highest BCUT2D eigenvalue weighted by Gasteiger charge is 2.26. The summed E-state index contributed by atoms with van der Waals surface area (Å²) in [5, 5.41) is 0.703. The minimum absolute atomic E-state index is 0.0655. The predicted molar refractivity (Wildman–Crippen MR) is 111 cm³/mol. The molecule has 1 aliphatic heterocycles. The Hall–Kier alpha value is -2.44. The topological polar surface area (TPSA) is 57.2 Å². The molecule has 6 nitrogen and oxygen atoms in total. The lowest BCUT2D eigenvalue weighted by molar-refractivity contribution is -0.0401. The molecule has 1 atom stereocenters. The second kappa shape index (κ2) is 9.85. The van der Waals surface area contributed by atoms with Gasteiger partial charge in [0.05, 0.1) is 26.9 Å². The molecule has 0 spiro atoms. The van der Waals surface area contributed by atoms with Gasteiger partial charge in [0.25, 0.3) is 5.91 Å². The number of carbonyl (C=O) groups excluding carboxylic acids is 1. The van der Waals surface area contributed by atoms with Crippen LogP contribution in [-0.2, 0) is 4.74 Å². The van der Waals surface area contributed by atoms with Gasteiger partial charge in [-0.25, -0.2) is 0 Å². The monoisotopic (exact) mass is 419 g/mol. The van der Waals surface area contributed by atoms with Gasteiger partial charge in [0.15, 0.2) is 11.5 Å². The molecule has 0 saturated carbocycles. The van der Waals surface area contributed by atoms with E-state index in [0.29, 0.717) is 55.0 Å². The summed E-state index contributed by atoms with van der Waals surface area (Å²) < 4.78 is 22.5. The number of aryl methyl sites for hydroxylation is 1. The van der Waals surface area contributed by atoms with Gasteiger partial charge in [-0.05, 0) is 55.8 Å². The number of benzene rings is 2. The summed E-state index contributed by atoms with van der Waals surface area (Å²) in [6, 6.07) is 10.8. The second-order valence-corrected chi connectivity index (χ2v) is 7.17. The number of halogens is 1. The first-order valence-corrected chi connectivity index (χ1v) is 10.00. The Morgan fingerprint density at radius 3 is 2.76 bits per heavy atom. The molecule has 29 heavy (non-hydrogen) atoms. The van der Waals surface area contributed by atoms with Crippen LogP contribution in [0.1, 0.15) is 22.8 Å². The Balaban J connectivity index is 1.63. The number of carbonyl (C=O) groups is 1. The zero-order chi connectivity index (χ0) is 20.8. The maximum absolute atomic E-state index is 13.0. The quantitative estimate of drug-likeness (QED) is 0.679. The molecule has 7 heteroatoms. The molecule has 1 amide bonds. The van der Waals surface area contributed by atoms with Crippen molar-refractivity contribution < 1.29 is 23.7 Å². The first kappa shape index (κ1) is 21.3. The molecule has 0 N–H and O–H groups in total. The fraction of sp³-hybridized carbons (Fsp3) is 0.409. The lowest BCUT2D eigenvalue weighted by Crippen LogP contribution is -2.47. The summed E-state index contributed by atoms with van der Waals surface area (Å²) in [5.41, 5.74) is 1.51. The first-order chi connectivity index (χ1) is 14.0. The van der Waals surface area contributed by atoms with Crippen LogP contribution in [0.5, 0.6) is 17.2 Å². The van der Waals surface area contributed by atoms with E-state index in [1.807, 2.05) is 32.0 Å². The van der Waals surface area contributed by atoms with Crippen LogP contribution in [0.3, 0.4) is 0 Å². The molecule has 0 radical (unpaired) electrons. The number of morpholine rings is 1. The van der Waals surface area contributed by atoms with Gasteiger partial charge in [-0.3, -0.25) is 4.79 Å². The van der Waals surface area contributed by atoms with E-state index in [1.54, 1.807) is 30.2 Å². The van der Waals surface area contributed by atoms with E-state index >= 15 is 0 Å². The molecular formula is C22H26ClNO5. The van der Waals surface area contributed by atoms with Crippen LogP contribution in [0.2, 0.25) is 5.02 Å². The smallest absolute Gasteiger partial charge is 0.254 e. The zero-order valence-corrected chi connectivity index (χ0v) is 17.7. The number of rotatable bonds is 7. The number of ether oxygens (including phenoxy) is 4. The van der Waals surface area contributed by atoms with Crippen molar-refractivity contribution >= 4 is 17.5 Å². The van der Waals surface area contributed by atoms with E-state index in [4.69, 9.17) is 30.5 Å². The van der Waals surface area contributed by atoms with Gasteiger partial charge >= 0.3 is 0 Å². The van der Waals surface area contributed by atoms with E-state index in [2.05, 4.69) is 0 Å². The standard InChI is InChI=1S/C22H26ClNO5/c1-4-27-21-12-16(5-8-20(21)26-3)22(25)24-9-10-28-18(13-24)14-29-17-6-7-19(23)15(2)11-17/h5-8,11-12,18H,4,9-10,13-14H2,1-3H3. The Labute approximate surface area is 176 Å². The minimum Gasteiger partial charge on any atom is -0.493 e. The van der Waals surface area contributed by atoms with Crippen LogP contribution < -0.4 is 14.2 Å². The maximum Gasteiger partial charge on any atom is 0.254 e. The molecule has 1 unspecified atom stereocenters. The third-order valence-corrected chi connectivity index (χ3v) is 5.13. The number of hydrogen-bond acceptors (Lipinski definition) is 5. The van der Waals surface area contributed by atoms with Crippen molar-refractivity contribution in [1.29, 1.82) is 0 Å². The fourth-order valence-corrected chi connectivity index (χ4v) is 3.28. The third-order valence-electron chi connectivity index (χ3n) is 4.70. The predicted octanol–water partition coefficient (Wildman–Crippen LogP) is 3.98. The lowest BCUT2D eigenvalue weighted by atomic mass is 10.1. The summed E-state index contributed by atoms with van der Waals surface area (Å²) in [6.45, 7) is 6.13. The molecule has 3 rings (SSSR count). The molecule has 0 aromatic heterocycles. The number of nitrogens with zero attached hydrogens (tertiary/aromatic N) is 1. The molecule has 2 aromatic rings. The second-order valence-electron chi connectivity index (χ2n) is 6.76. The van der Waals surface area contributed by atoms with Gasteiger partial charge in [-0.2, -0.15) is 0 Å². The van der Waals surface area contributed by atoms with Crippen LogP contribution in [0, 0.1) is 6.92 Å². The molecule has 0 aliphatic carbocycles. The van der Waals surface area contributed by atoms with Crippen LogP contribution in [-0.4, -0.2) is 56.9 Å². The van der Waals surface area contributed by atoms with Crippen molar-refractivity contribution in [2.75, 3.05) is 40.0 Å². The molecule has 1 heterocycles. The van der Waals surface area contributed by atoms with Crippen molar-refractivity contribution in [3.8, 4) is 17.2 Å². The van der Waals surface area contributed by atoms with E-state index in [9.17, 15) is 4.79 Å². The molecule has 1 fully saturated rings. The van der Waals surface area contributed by atoms with Gasteiger partial charge in [-0.1, -0.05) is 11.6 Å². The number of methoxy groups -OCH3 is 1. The van der Waals surface area contributed by atoms with Crippen molar-refractivity contribution in [3.05, 3.63) is 52.5 Å². The van der Waals surface area contributed by atoms with Crippen LogP contribution in [0.4, 0.5) is 0 Å². The molecule has 1 aliphatic rings. The number of hydrogen-bond donors (Lipinski definition) is 0. The van der Waals surface area contributed by atoms with Gasteiger partial charge < -0.3 is 23.8 Å². The molecule has 1 saturated heterocycles.